The molecule has 1 fully saturated rings. The van der Waals surface area contributed by atoms with Gasteiger partial charge < -0.3 is 19.8 Å². The number of aromatic hydroxyl groups is 1. The molecule has 1 unspecified atom stereocenters. The Labute approximate surface area is 174 Å². The number of non-ortho nitro benzene ring substituents is 1. The Morgan fingerprint density at radius 2 is 2.03 bits per heavy atom. The van der Waals surface area contributed by atoms with E-state index in [-0.39, 0.29) is 22.9 Å². The number of carbonyl (C=O) groups is 1. The number of carbonyl (C=O) groups excluding carboxylic acids is 1. The summed E-state index contributed by atoms with van der Waals surface area (Å²) in [5.41, 5.74) is -0.978. The van der Waals surface area contributed by atoms with Crippen LogP contribution in [-0.4, -0.2) is 46.6 Å². The van der Waals surface area contributed by atoms with Crippen molar-refractivity contribution in [3.05, 3.63) is 63.7 Å². The average molecular weight is 414 g/mol. The molecule has 1 saturated carbocycles. The van der Waals surface area contributed by atoms with Crippen LogP contribution in [0.5, 0.6) is 11.5 Å². The van der Waals surface area contributed by atoms with E-state index in [9.17, 15) is 25.1 Å². The highest BCUT2D eigenvalue weighted by Gasteiger charge is 2.40. The van der Waals surface area contributed by atoms with Gasteiger partial charge in [0.1, 0.15) is 17.1 Å². The number of nitrogens with zero attached hydrogens (tertiary/aromatic N) is 2. The molecule has 8 nitrogen and oxygen atoms in total. The first-order chi connectivity index (χ1) is 14.2. The second-order valence-corrected chi connectivity index (χ2v) is 8.01. The largest absolute Gasteiger partial charge is 0.507 e. The third kappa shape index (κ3) is 4.60. The molecule has 0 bridgehead atoms. The molecular formula is C22H26N2O6. The highest BCUT2D eigenvalue weighted by molar-refractivity contribution is 5.94. The van der Waals surface area contributed by atoms with Crippen LogP contribution in [0.4, 0.5) is 5.69 Å². The maximum Gasteiger partial charge on any atom is 0.347 e. The maximum atomic E-state index is 12.5. The van der Waals surface area contributed by atoms with Crippen LogP contribution in [0, 0.1) is 16.0 Å². The van der Waals surface area contributed by atoms with E-state index in [0.717, 1.165) is 44.0 Å². The third-order valence-electron chi connectivity index (χ3n) is 5.58. The molecule has 0 heterocycles. The average Bonchev–Trinajstić information content (AvgIpc) is 2.69. The van der Waals surface area contributed by atoms with Crippen molar-refractivity contribution in [2.75, 3.05) is 20.6 Å². The molecule has 1 aliphatic carbocycles. The van der Waals surface area contributed by atoms with Gasteiger partial charge in [0.25, 0.3) is 5.69 Å². The summed E-state index contributed by atoms with van der Waals surface area (Å²) in [6, 6.07) is 9.88. The Morgan fingerprint density at radius 1 is 1.27 bits per heavy atom. The van der Waals surface area contributed by atoms with Crippen molar-refractivity contribution in [3.8, 4) is 11.5 Å². The number of phenolic OH excluding ortho intramolecular Hbond substituents is 1. The van der Waals surface area contributed by atoms with E-state index in [4.69, 9.17) is 4.74 Å². The number of phenols is 1. The van der Waals surface area contributed by atoms with Crippen LogP contribution in [-0.2, 0) is 5.60 Å². The number of hydrogen-bond acceptors (Lipinski definition) is 7. The number of rotatable bonds is 6. The minimum absolute atomic E-state index is 0.0491. The van der Waals surface area contributed by atoms with Gasteiger partial charge in [0, 0.05) is 24.6 Å². The van der Waals surface area contributed by atoms with Crippen LogP contribution in [0.25, 0.3) is 0 Å². The summed E-state index contributed by atoms with van der Waals surface area (Å²) < 4.78 is 5.37. The number of ether oxygens (including phenoxy) is 1. The quantitative estimate of drug-likeness (QED) is 0.322. The maximum absolute atomic E-state index is 12.5. The summed E-state index contributed by atoms with van der Waals surface area (Å²) in [5.74, 6) is -1.06. The van der Waals surface area contributed by atoms with Crippen LogP contribution in [0.15, 0.2) is 42.5 Å². The molecular weight excluding hydrogens is 388 g/mol. The van der Waals surface area contributed by atoms with E-state index in [0.29, 0.717) is 12.0 Å². The molecule has 1 aliphatic rings. The topological polar surface area (TPSA) is 113 Å². The monoisotopic (exact) mass is 414 g/mol. The van der Waals surface area contributed by atoms with Crippen molar-refractivity contribution in [2.24, 2.45) is 5.92 Å². The Balaban J connectivity index is 1.86. The van der Waals surface area contributed by atoms with Gasteiger partial charge in [0.2, 0.25) is 0 Å². The first-order valence-electron chi connectivity index (χ1n) is 9.88. The molecule has 2 aromatic rings. The standard InChI is InChI=1S/C22H26N2O6/c1-23(2)14-16-6-3-4-11-22(16,27)15-7-5-8-18(12-15)30-21(26)19-13-17(24(28)29)9-10-20(19)25/h5,7-10,12-13,16,25,27H,3-4,6,11,14H2,1-2H3/t16?,22-/m1/s1. The number of esters is 1. The van der Waals surface area contributed by atoms with Gasteiger partial charge in [-0.2, -0.15) is 0 Å². The summed E-state index contributed by atoms with van der Waals surface area (Å²) in [6.45, 7) is 0.738. The van der Waals surface area contributed by atoms with E-state index in [1.807, 2.05) is 20.2 Å². The summed E-state index contributed by atoms with van der Waals surface area (Å²) in [7, 11) is 3.94. The lowest BCUT2D eigenvalue weighted by Gasteiger charge is -2.41. The fraction of sp³-hybridized carbons (Fsp3) is 0.409. The van der Waals surface area contributed by atoms with Crippen molar-refractivity contribution >= 4 is 11.7 Å². The first-order valence-corrected chi connectivity index (χ1v) is 9.88. The molecule has 0 saturated heterocycles. The van der Waals surface area contributed by atoms with E-state index < -0.39 is 22.2 Å². The first kappa shape index (κ1) is 21.7. The van der Waals surface area contributed by atoms with Gasteiger partial charge in [-0.05, 0) is 50.7 Å². The summed E-state index contributed by atoms with van der Waals surface area (Å²) >= 11 is 0. The van der Waals surface area contributed by atoms with Gasteiger partial charge in [-0.3, -0.25) is 10.1 Å². The second-order valence-electron chi connectivity index (χ2n) is 8.01. The Morgan fingerprint density at radius 3 is 2.73 bits per heavy atom. The normalized spacial score (nSPS) is 21.4. The highest BCUT2D eigenvalue weighted by atomic mass is 16.6. The molecule has 2 N–H and O–H groups in total. The lowest BCUT2D eigenvalue weighted by atomic mass is 9.71. The summed E-state index contributed by atoms with van der Waals surface area (Å²) in [4.78, 5) is 24.9. The molecule has 2 aromatic carbocycles. The molecule has 8 heteroatoms. The highest BCUT2D eigenvalue weighted by Crippen LogP contribution is 2.42. The van der Waals surface area contributed by atoms with Gasteiger partial charge in [-0.1, -0.05) is 25.0 Å². The van der Waals surface area contributed by atoms with Gasteiger partial charge in [-0.15, -0.1) is 0 Å². The van der Waals surface area contributed by atoms with Gasteiger partial charge >= 0.3 is 5.97 Å². The fourth-order valence-electron chi connectivity index (χ4n) is 4.08. The van der Waals surface area contributed by atoms with Crippen molar-refractivity contribution in [2.45, 2.75) is 31.3 Å². The van der Waals surface area contributed by atoms with Crippen molar-refractivity contribution in [3.63, 3.8) is 0 Å². The van der Waals surface area contributed by atoms with Crippen LogP contribution in [0.3, 0.4) is 0 Å². The fourth-order valence-corrected chi connectivity index (χ4v) is 4.08. The zero-order valence-corrected chi connectivity index (χ0v) is 17.1. The molecule has 160 valence electrons. The Hall–Kier alpha value is -2.97. The van der Waals surface area contributed by atoms with Crippen LogP contribution >= 0.6 is 0 Å². The lowest BCUT2D eigenvalue weighted by Crippen LogP contribution is -2.43. The van der Waals surface area contributed by atoms with Crippen molar-refractivity contribution < 1.29 is 24.7 Å². The molecule has 0 amide bonds. The summed E-state index contributed by atoms with van der Waals surface area (Å²) in [6.07, 6.45) is 3.49. The third-order valence-corrected chi connectivity index (χ3v) is 5.58. The van der Waals surface area contributed by atoms with Crippen LogP contribution in [0.2, 0.25) is 0 Å². The SMILES string of the molecule is CN(C)CC1CCCC[C@@]1(O)c1cccc(OC(=O)c2cc([N+](=O)[O-])ccc2O)c1. The molecule has 0 aromatic heterocycles. The number of nitro benzene ring substituents is 1. The van der Waals surface area contributed by atoms with Crippen LogP contribution < -0.4 is 4.74 Å². The minimum Gasteiger partial charge on any atom is -0.507 e. The number of aliphatic hydroxyl groups is 1. The predicted molar refractivity (Wildman–Crippen MR) is 111 cm³/mol. The zero-order chi connectivity index (χ0) is 21.9. The van der Waals surface area contributed by atoms with E-state index in [2.05, 4.69) is 4.90 Å². The van der Waals surface area contributed by atoms with Gasteiger partial charge in [-0.25, -0.2) is 4.79 Å². The Kier molecular flexibility index (Phi) is 6.38. The molecule has 0 radical (unpaired) electrons. The molecule has 2 atom stereocenters. The van der Waals surface area contributed by atoms with E-state index in [1.54, 1.807) is 18.2 Å². The van der Waals surface area contributed by atoms with Gasteiger partial charge in [0.05, 0.1) is 10.5 Å². The minimum atomic E-state index is -1.03. The second kappa shape index (κ2) is 8.81. The van der Waals surface area contributed by atoms with Crippen molar-refractivity contribution in [1.29, 1.82) is 0 Å². The van der Waals surface area contributed by atoms with Gasteiger partial charge in [0.15, 0.2) is 0 Å². The lowest BCUT2D eigenvalue weighted by molar-refractivity contribution is -0.384. The molecule has 0 spiro atoms. The molecule has 3 rings (SSSR count). The van der Waals surface area contributed by atoms with Crippen LogP contribution in [0.1, 0.15) is 41.6 Å². The smallest absolute Gasteiger partial charge is 0.347 e. The summed E-state index contributed by atoms with van der Waals surface area (Å²) in [5, 5.41) is 32.3. The van der Waals surface area contributed by atoms with E-state index in [1.165, 1.54) is 0 Å². The number of nitro groups is 1. The number of hydrogen-bond donors (Lipinski definition) is 2. The molecule has 30 heavy (non-hydrogen) atoms. The molecule has 0 aliphatic heterocycles. The van der Waals surface area contributed by atoms with E-state index >= 15 is 0 Å². The number of benzene rings is 2. The zero-order valence-electron chi connectivity index (χ0n) is 17.1. The predicted octanol–water partition coefficient (Wildman–Crippen LogP) is 3.46. The van der Waals surface area contributed by atoms with Crippen molar-refractivity contribution in [1.82, 2.24) is 4.90 Å². The Bertz CT molecular complexity index is 945.